The van der Waals surface area contributed by atoms with E-state index in [1.165, 1.54) is 72.5 Å². The third-order valence-electron chi connectivity index (χ3n) is 12.9. The highest BCUT2D eigenvalue weighted by Crippen LogP contribution is 2.34. The molecule has 2 aliphatic carbocycles. The van der Waals surface area contributed by atoms with Crippen LogP contribution in [-0.4, -0.2) is 67.9 Å². The second kappa shape index (κ2) is 22.5. The number of nitrogens with zero attached hydrogens (tertiary/aromatic N) is 7. The van der Waals surface area contributed by atoms with Gasteiger partial charge in [-0.05, 0) is 136 Å². The summed E-state index contributed by atoms with van der Waals surface area (Å²) in [6.45, 7) is 10.9. The number of rotatable bonds is 16. The first-order chi connectivity index (χ1) is 33.5. The Morgan fingerprint density at radius 3 is 1.58 bits per heavy atom. The summed E-state index contributed by atoms with van der Waals surface area (Å²) in [5, 5.41) is 12.1. The first kappa shape index (κ1) is 48.5. The van der Waals surface area contributed by atoms with Crippen molar-refractivity contribution in [3.05, 3.63) is 143 Å². The van der Waals surface area contributed by atoms with Gasteiger partial charge in [-0.25, -0.2) is 9.97 Å². The van der Waals surface area contributed by atoms with Gasteiger partial charge in [0.2, 0.25) is 0 Å². The minimum absolute atomic E-state index is 0.161. The molecule has 2 saturated carbocycles. The minimum Gasteiger partial charge on any atom is -0.494 e. The smallest absolute Gasteiger partial charge is 0.280 e. The van der Waals surface area contributed by atoms with Gasteiger partial charge in [0, 0.05) is 74.3 Å². The zero-order valence-corrected chi connectivity index (χ0v) is 41.1. The van der Waals surface area contributed by atoms with Gasteiger partial charge in [-0.1, -0.05) is 47.4 Å². The van der Waals surface area contributed by atoms with Crippen molar-refractivity contribution < 1.29 is 28.1 Å². The molecule has 2 aliphatic rings. The number of hydrogen-bond donors (Lipinski definition) is 1. The van der Waals surface area contributed by atoms with Crippen LogP contribution in [0.25, 0.3) is 22.1 Å². The van der Waals surface area contributed by atoms with Crippen molar-refractivity contribution >= 4 is 56.2 Å². The zero-order chi connectivity index (χ0) is 48.4. The maximum absolute atomic E-state index is 12.8. The molecule has 360 valence electrons. The van der Waals surface area contributed by atoms with E-state index in [-0.39, 0.29) is 11.6 Å². The molecule has 69 heavy (non-hydrogen) atoms. The van der Waals surface area contributed by atoms with Crippen LogP contribution in [0.1, 0.15) is 107 Å². The van der Waals surface area contributed by atoms with Gasteiger partial charge in [0.25, 0.3) is 11.1 Å². The Labute approximate surface area is 407 Å². The molecule has 10 rings (SSSR count). The molecule has 1 N–H and O–H groups in total. The normalized spacial score (nSPS) is 13.4. The topological polar surface area (TPSA) is 156 Å². The maximum atomic E-state index is 12.8. The summed E-state index contributed by atoms with van der Waals surface area (Å²) in [6.07, 6.45) is 13.4. The van der Waals surface area contributed by atoms with E-state index in [9.17, 15) is 9.59 Å². The molecule has 0 unspecified atom stereocenters. The molecule has 0 atom stereocenters. The number of ether oxygens (including phenoxy) is 2. The van der Waals surface area contributed by atoms with Gasteiger partial charge in [0.1, 0.15) is 34.3 Å². The van der Waals surface area contributed by atoms with Crippen LogP contribution in [0.2, 0.25) is 0 Å². The SMILES string of the molecule is CCOc1ccc(Cc2cc3cc(N(C)C(=O)c4cc(C)on4)cnc3n2CC2CCC2)cc1.CCOc1ccc(Cc2cc3cc(NC)cnc3n2CC2CCC2)cc1.Cc1cc(C(=O)Cl)no1. The Morgan fingerprint density at radius 2 is 1.17 bits per heavy atom. The molecule has 15 heteroatoms. The van der Waals surface area contributed by atoms with E-state index < -0.39 is 5.24 Å². The van der Waals surface area contributed by atoms with Crippen LogP contribution in [0, 0.1) is 25.7 Å². The van der Waals surface area contributed by atoms with Crippen LogP contribution >= 0.6 is 11.6 Å². The van der Waals surface area contributed by atoms with E-state index in [2.05, 4.69) is 83.9 Å². The van der Waals surface area contributed by atoms with E-state index in [0.717, 1.165) is 71.4 Å². The Morgan fingerprint density at radius 1 is 0.696 bits per heavy atom. The van der Waals surface area contributed by atoms with Gasteiger partial charge in [-0.15, -0.1) is 0 Å². The first-order valence-electron chi connectivity index (χ1n) is 23.9. The molecular formula is C54H61ClN8O6. The van der Waals surface area contributed by atoms with Crippen molar-refractivity contribution in [1.29, 1.82) is 0 Å². The van der Waals surface area contributed by atoms with Crippen molar-refractivity contribution in [3.63, 3.8) is 0 Å². The van der Waals surface area contributed by atoms with Crippen molar-refractivity contribution in [1.82, 2.24) is 29.4 Å². The summed E-state index contributed by atoms with van der Waals surface area (Å²) in [5.41, 5.74) is 9.43. The molecule has 2 fully saturated rings. The predicted octanol–water partition coefficient (Wildman–Crippen LogP) is 11.6. The van der Waals surface area contributed by atoms with Gasteiger partial charge in [0.15, 0.2) is 11.4 Å². The molecule has 0 bridgehead atoms. The van der Waals surface area contributed by atoms with Crippen LogP contribution in [0.4, 0.5) is 11.4 Å². The summed E-state index contributed by atoms with van der Waals surface area (Å²) in [6, 6.07) is 28.6. The quantitative estimate of drug-likeness (QED) is 0.0920. The highest BCUT2D eigenvalue weighted by atomic mass is 35.5. The Bertz CT molecular complexity index is 2980. The van der Waals surface area contributed by atoms with Crippen LogP contribution in [0.3, 0.4) is 0 Å². The molecule has 0 spiro atoms. The molecule has 0 radical (unpaired) electrons. The number of nitrogens with one attached hydrogen (secondary N) is 1. The van der Waals surface area contributed by atoms with Gasteiger partial charge < -0.3 is 37.9 Å². The second-order valence-corrected chi connectivity index (χ2v) is 18.2. The summed E-state index contributed by atoms with van der Waals surface area (Å²) >= 11 is 5.06. The summed E-state index contributed by atoms with van der Waals surface area (Å²) in [5.74, 6) is 4.30. The van der Waals surface area contributed by atoms with E-state index in [1.54, 1.807) is 38.1 Å². The number of aryl methyl sites for hydroxylation is 2. The Hall–Kier alpha value is -6.93. The zero-order valence-electron chi connectivity index (χ0n) is 40.3. The number of carbonyl (C=O) groups excluding carboxylic acids is 2. The lowest BCUT2D eigenvalue weighted by Gasteiger charge is -2.27. The predicted molar refractivity (Wildman–Crippen MR) is 270 cm³/mol. The third-order valence-corrected chi connectivity index (χ3v) is 13.0. The molecule has 0 saturated heterocycles. The Balaban J connectivity index is 0.000000161. The lowest BCUT2D eigenvalue weighted by atomic mass is 9.85. The van der Waals surface area contributed by atoms with Gasteiger partial charge in [-0.3, -0.25) is 9.59 Å². The van der Waals surface area contributed by atoms with E-state index >= 15 is 0 Å². The van der Waals surface area contributed by atoms with Crippen molar-refractivity contribution in [2.75, 3.05) is 37.5 Å². The second-order valence-electron chi connectivity index (χ2n) is 17.9. The molecule has 2 aromatic carbocycles. The molecule has 1 amide bonds. The molecule has 8 aromatic rings. The number of benzene rings is 2. The molecule has 6 aromatic heterocycles. The number of pyridine rings is 2. The average Bonchev–Trinajstić information content (AvgIpc) is 4.12. The van der Waals surface area contributed by atoms with Crippen molar-refractivity contribution in [2.24, 2.45) is 11.8 Å². The number of amides is 1. The van der Waals surface area contributed by atoms with Crippen LogP contribution < -0.4 is 19.7 Å². The summed E-state index contributed by atoms with van der Waals surface area (Å²) in [7, 11) is 3.68. The maximum Gasteiger partial charge on any atom is 0.280 e. The number of anilines is 2. The molecular weight excluding hydrogens is 892 g/mol. The lowest BCUT2D eigenvalue weighted by Crippen LogP contribution is -2.26. The van der Waals surface area contributed by atoms with Crippen LogP contribution in [-0.2, 0) is 25.9 Å². The summed E-state index contributed by atoms with van der Waals surface area (Å²) < 4.78 is 25.6. The van der Waals surface area contributed by atoms with E-state index in [1.807, 2.05) is 45.3 Å². The largest absolute Gasteiger partial charge is 0.494 e. The monoisotopic (exact) mass is 952 g/mol. The number of hydrogen-bond acceptors (Lipinski definition) is 11. The Kier molecular flexibility index (Phi) is 15.8. The van der Waals surface area contributed by atoms with Gasteiger partial charge >= 0.3 is 0 Å². The highest BCUT2D eigenvalue weighted by Gasteiger charge is 2.24. The van der Waals surface area contributed by atoms with E-state index in [4.69, 9.17) is 35.6 Å². The number of fused-ring (bicyclic) bond motifs is 2. The third kappa shape index (κ3) is 12.0. The number of carbonyl (C=O) groups is 2. The first-order valence-corrected chi connectivity index (χ1v) is 24.3. The van der Waals surface area contributed by atoms with Gasteiger partial charge in [0.05, 0.1) is 37.0 Å². The average molecular weight is 954 g/mol. The molecule has 0 aliphatic heterocycles. The van der Waals surface area contributed by atoms with Crippen molar-refractivity contribution in [2.45, 2.75) is 92.2 Å². The fraction of sp³-hybridized carbons (Fsp3) is 0.370. The van der Waals surface area contributed by atoms with Gasteiger partial charge in [-0.2, -0.15) is 0 Å². The van der Waals surface area contributed by atoms with Crippen molar-refractivity contribution in [3.8, 4) is 11.5 Å². The van der Waals surface area contributed by atoms with Crippen LogP contribution in [0.15, 0.2) is 106 Å². The lowest BCUT2D eigenvalue weighted by molar-refractivity contribution is 0.0983. The molecule has 14 nitrogen and oxygen atoms in total. The number of halogens is 1. The summed E-state index contributed by atoms with van der Waals surface area (Å²) in [4.78, 5) is 34.2. The standard InChI is InChI=1S/C27H30N4O3.C22H27N3O.C5H4ClNO2/c1-4-33-24-10-8-19(9-11-24)13-22-14-21-15-23(30(3)27(32)25-12-18(2)34-29-25)16-28-26(21)31(22)17-20-6-5-7-20;1-3-26-21-9-7-16(8-10-21)11-20-13-18-12-19(23-2)14-24-22(18)25(20)15-17-5-4-6-17;1-3-2-4(5(6)8)7-9-3/h8-12,14-16,20H,4-7,13,17H2,1-3H3;7-10,12-14,17,23H,3-6,11,15H2,1-2H3;2H,1H3. The molecule has 6 heterocycles. The number of aromatic nitrogens is 6. The highest BCUT2D eigenvalue weighted by molar-refractivity contribution is 6.67. The van der Waals surface area contributed by atoms with Crippen LogP contribution in [0.5, 0.6) is 11.5 Å². The fourth-order valence-corrected chi connectivity index (χ4v) is 8.74. The fourth-order valence-electron chi connectivity index (χ4n) is 8.65. The van der Waals surface area contributed by atoms with E-state index in [0.29, 0.717) is 36.3 Å². The minimum atomic E-state index is -0.591.